The molecule has 0 amide bonds. The first-order valence-corrected chi connectivity index (χ1v) is 6.58. The Hall–Kier alpha value is -2.51. The van der Waals surface area contributed by atoms with Gasteiger partial charge >= 0.3 is 11.9 Å². The fourth-order valence-corrected chi connectivity index (χ4v) is 2.59. The van der Waals surface area contributed by atoms with E-state index in [1.54, 1.807) is 10.8 Å². The Labute approximate surface area is 113 Å². The van der Waals surface area contributed by atoms with Crippen molar-refractivity contribution in [1.29, 1.82) is 5.26 Å². The molecule has 1 rings (SSSR count). The number of nitriles is 1. The summed E-state index contributed by atoms with van der Waals surface area (Å²) >= 11 is 0. The standard InChI is InChI=1S/C10H9N3O6S/c11-5-7-8(2-1-3-12-7)20(18,19)13-6(10(16)17)4-9(14)15/h1-3,6,13H,4H2,(H,14,15)(H,16,17)/t6-/m0/s1. The van der Waals surface area contributed by atoms with Crippen molar-refractivity contribution in [3.63, 3.8) is 0 Å². The van der Waals surface area contributed by atoms with Gasteiger partial charge in [0.15, 0.2) is 5.69 Å². The predicted molar refractivity (Wildman–Crippen MR) is 63.0 cm³/mol. The van der Waals surface area contributed by atoms with Crippen molar-refractivity contribution < 1.29 is 28.2 Å². The normalized spacial score (nSPS) is 12.3. The summed E-state index contributed by atoms with van der Waals surface area (Å²) in [6.07, 6.45) is 0.264. The monoisotopic (exact) mass is 299 g/mol. The topological polar surface area (TPSA) is 157 Å². The zero-order valence-electron chi connectivity index (χ0n) is 9.85. The number of carboxylic acid groups (broad SMARTS) is 2. The molecule has 1 atom stereocenters. The molecule has 106 valence electrons. The zero-order valence-corrected chi connectivity index (χ0v) is 10.7. The Morgan fingerprint density at radius 1 is 1.45 bits per heavy atom. The highest BCUT2D eigenvalue weighted by Crippen LogP contribution is 2.13. The number of pyridine rings is 1. The number of carboxylic acids is 2. The average Bonchev–Trinajstić information content (AvgIpc) is 2.37. The van der Waals surface area contributed by atoms with Crippen molar-refractivity contribution in [3.8, 4) is 6.07 Å². The highest BCUT2D eigenvalue weighted by atomic mass is 32.2. The minimum atomic E-state index is -4.37. The van der Waals surface area contributed by atoms with E-state index in [-0.39, 0.29) is 0 Å². The minimum Gasteiger partial charge on any atom is -0.481 e. The quantitative estimate of drug-likeness (QED) is 0.613. The van der Waals surface area contributed by atoms with Gasteiger partial charge in [0, 0.05) is 6.20 Å². The number of hydrogen-bond donors (Lipinski definition) is 3. The molecule has 0 aliphatic rings. The molecule has 0 fully saturated rings. The molecule has 20 heavy (non-hydrogen) atoms. The number of rotatable bonds is 6. The number of hydrogen-bond acceptors (Lipinski definition) is 6. The highest BCUT2D eigenvalue weighted by Gasteiger charge is 2.29. The van der Waals surface area contributed by atoms with Crippen LogP contribution in [0.4, 0.5) is 0 Å². The fraction of sp³-hybridized carbons (Fsp3) is 0.200. The summed E-state index contributed by atoms with van der Waals surface area (Å²) in [7, 11) is -4.37. The van der Waals surface area contributed by atoms with Gasteiger partial charge in [-0.25, -0.2) is 13.4 Å². The molecule has 1 heterocycles. The van der Waals surface area contributed by atoms with Gasteiger partial charge in [-0.3, -0.25) is 9.59 Å². The summed E-state index contributed by atoms with van der Waals surface area (Å²) in [5.41, 5.74) is -0.417. The van der Waals surface area contributed by atoms with Crippen LogP contribution in [0.1, 0.15) is 12.1 Å². The van der Waals surface area contributed by atoms with Gasteiger partial charge in [-0.15, -0.1) is 0 Å². The summed E-state index contributed by atoms with van der Waals surface area (Å²) in [5, 5.41) is 26.1. The molecule has 0 aliphatic carbocycles. The molecular formula is C10H9N3O6S. The summed E-state index contributed by atoms with van der Waals surface area (Å²) < 4.78 is 25.6. The van der Waals surface area contributed by atoms with E-state index < -0.39 is 45.0 Å². The zero-order chi connectivity index (χ0) is 15.3. The van der Waals surface area contributed by atoms with Gasteiger partial charge in [0.1, 0.15) is 17.0 Å². The molecule has 0 saturated carbocycles. The summed E-state index contributed by atoms with van der Waals surface area (Å²) in [6.45, 7) is 0. The molecule has 0 bridgehead atoms. The summed E-state index contributed by atoms with van der Waals surface area (Å²) in [4.78, 5) is 24.3. The molecular weight excluding hydrogens is 290 g/mol. The Bertz CT molecular complexity index is 678. The smallest absolute Gasteiger partial charge is 0.322 e. The SMILES string of the molecule is N#Cc1ncccc1S(=O)(=O)N[C@@H](CC(=O)O)C(=O)O. The first kappa shape index (κ1) is 15.5. The molecule has 9 nitrogen and oxygen atoms in total. The summed E-state index contributed by atoms with van der Waals surface area (Å²) in [6, 6.07) is 2.02. The first-order valence-electron chi connectivity index (χ1n) is 5.10. The van der Waals surface area contributed by atoms with Crippen molar-refractivity contribution in [1.82, 2.24) is 9.71 Å². The number of nitrogens with zero attached hydrogens (tertiary/aromatic N) is 2. The van der Waals surface area contributed by atoms with Gasteiger partial charge in [-0.2, -0.15) is 9.98 Å². The van der Waals surface area contributed by atoms with Crippen molar-refractivity contribution in [2.24, 2.45) is 0 Å². The van der Waals surface area contributed by atoms with Crippen LogP contribution in [-0.4, -0.2) is 41.6 Å². The van der Waals surface area contributed by atoms with Gasteiger partial charge in [0.25, 0.3) is 0 Å². The number of aromatic nitrogens is 1. The van der Waals surface area contributed by atoms with Gasteiger partial charge in [0.05, 0.1) is 6.42 Å². The Kier molecular flexibility index (Phi) is 4.73. The maximum atomic E-state index is 11.9. The van der Waals surface area contributed by atoms with Crippen LogP contribution in [0.3, 0.4) is 0 Å². The molecule has 0 unspecified atom stereocenters. The van der Waals surface area contributed by atoms with Crippen molar-refractivity contribution in [2.75, 3.05) is 0 Å². The summed E-state index contributed by atoms with van der Waals surface area (Å²) in [5.74, 6) is -3.12. The third kappa shape index (κ3) is 3.74. The minimum absolute atomic E-state index is 0.417. The Morgan fingerprint density at radius 2 is 2.10 bits per heavy atom. The van der Waals surface area contributed by atoms with Gasteiger partial charge in [-0.05, 0) is 12.1 Å². The lowest BCUT2D eigenvalue weighted by Gasteiger charge is -2.13. The molecule has 0 aromatic carbocycles. The van der Waals surface area contributed by atoms with Crippen LogP contribution in [0, 0.1) is 11.3 Å². The van der Waals surface area contributed by atoms with E-state index in [1.807, 2.05) is 0 Å². The van der Waals surface area contributed by atoms with Crippen LogP contribution in [0.25, 0.3) is 0 Å². The lowest BCUT2D eigenvalue weighted by molar-refractivity contribution is -0.145. The van der Waals surface area contributed by atoms with E-state index in [4.69, 9.17) is 15.5 Å². The van der Waals surface area contributed by atoms with Crippen LogP contribution in [0.5, 0.6) is 0 Å². The molecule has 0 radical (unpaired) electrons. The Balaban J connectivity index is 3.14. The molecule has 10 heteroatoms. The van der Waals surface area contributed by atoms with Crippen LogP contribution in [0.2, 0.25) is 0 Å². The van der Waals surface area contributed by atoms with Crippen molar-refractivity contribution in [2.45, 2.75) is 17.4 Å². The van der Waals surface area contributed by atoms with E-state index >= 15 is 0 Å². The van der Waals surface area contributed by atoms with E-state index in [1.165, 1.54) is 12.3 Å². The molecule has 1 aromatic heterocycles. The van der Waals surface area contributed by atoms with Crippen LogP contribution < -0.4 is 4.72 Å². The van der Waals surface area contributed by atoms with Crippen molar-refractivity contribution in [3.05, 3.63) is 24.0 Å². The average molecular weight is 299 g/mol. The maximum absolute atomic E-state index is 11.9. The molecule has 0 spiro atoms. The number of carbonyl (C=O) groups is 2. The van der Waals surface area contributed by atoms with Crippen LogP contribution in [-0.2, 0) is 19.6 Å². The second-order valence-electron chi connectivity index (χ2n) is 3.57. The van der Waals surface area contributed by atoms with E-state index in [2.05, 4.69) is 4.98 Å². The van der Waals surface area contributed by atoms with Crippen LogP contribution in [0.15, 0.2) is 23.2 Å². The first-order chi connectivity index (χ1) is 9.27. The molecule has 0 saturated heterocycles. The lowest BCUT2D eigenvalue weighted by atomic mass is 10.2. The fourth-order valence-electron chi connectivity index (χ4n) is 1.30. The Morgan fingerprint density at radius 3 is 2.60 bits per heavy atom. The number of nitrogens with one attached hydrogen (secondary N) is 1. The van der Waals surface area contributed by atoms with Crippen LogP contribution >= 0.6 is 0 Å². The van der Waals surface area contributed by atoms with Crippen molar-refractivity contribution >= 4 is 22.0 Å². The highest BCUT2D eigenvalue weighted by molar-refractivity contribution is 7.89. The maximum Gasteiger partial charge on any atom is 0.322 e. The second kappa shape index (κ2) is 6.09. The van der Waals surface area contributed by atoms with E-state index in [9.17, 15) is 18.0 Å². The number of aliphatic carboxylic acids is 2. The van der Waals surface area contributed by atoms with Gasteiger partial charge in [-0.1, -0.05) is 0 Å². The third-order valence-corrected chi connectivity index (χ3v) is 3.64. The number of sulfonamides is 1. The molecule has 3 N–H and O–H groups in total. The molecule has 1 aromatic rings. The second-order valence-corrected chi connectivity index (χ2v) is 5.25. The predicted octanol–water partition coefficient (Wildman–Crippen LogP) is -0.841. The van der Waals surface area contributed by atoms with Gasteiger partial charge in [0.2, 0.25) is 10.0 Å². The largest absolute Gasteiger partial charge is 0.481 e. The molecule has 0 aliphatic heterocycles. The van der Waals surface area contributed by atoms with E-state index in [0.29, 0.717) is 0 Å². The lowest BCUT2D eigenvalue weighted by Crippen LogP contribution is -2.42. The van der Waals surface area contributed by atoms with E-state index in [0.717, 1.165) is 6.07 Å². The van der Waals surface area contributed by atoms with Gasteiger partial charge < -0.3 is 10.2 Å². The third-order valence-electron chi connectivity index (χ3n) is 2.14.